The van der Waals surface area contributed by atoms with Crippen LogP contribution in [0, 0.1) is 0 Å². The highest BCUT2D eigenvalue weighted by Crippen LogP contribution is 2.32. The van der Waals surface area contributed by atoms with Gasteiger partial charge in [0.25, 0.3) is 11.1 Å². The van der Waals surface area contributed by atoms with Crippen molar-refractivity contribution < 1.29 is 23.9 Å². The Labute approximate surface area is 166 Å². The number of methoxy groups -OCH3 is 2. The summed E-state index contributed by atoms with van der Waals surface area (Å²) < 4.78 is 10.3. The van der Waals surface area contributed by atoms with Crippen LogP contribution in [0.4, 0.5) is 10.5 Å². The van der Waals surface area contributed by atoms with Gasteiger partial charge in [-0.1, -0.05) is 30.3 Å². The molecular formula is C20H18N2O5S. The summed E-state index contributed by atoms with van der Waals surface area (Å²) in [4.78, 5) is 38.2. The van der Waals surface area contributed by atoms with Gasteiger partial charge in [-0.05, 0) is 23.4 Å². The minimum Gasteiger partial charge on any atom is -0.497 e. The van der Waals surface area contributed by atoms with Crippen molar-refractivity contribution in [3.8, 4) is 11.5 Å². The van der Waals surface area contributed by atoms with Crippen LogP contribution in [0.15, 0.2) is 53.4 Å². The molecule has 7 nitrogen and oxygen atoms in total. The zero-order valence-corrected chi connectivity index (χ0v) is 16.1. The van der Waals surface area contributed by atoms with Crippen LogP contribution in [0.2, 0.25) is 0 Å². The summed E-state index contributed by atoms with van der Waals surface area (Å²) in [5.41, 5.74) is 1.24. The first-order valence-corrected chi connectivity index (χ1v) is 9.15. The Morgan fingerprint density at radius 3 is 2.32 bits per heavy atom. The van der Waals surface area contributed by atoms with Gasteiger partial charge >= 0.3 is 0 Å². The Kier molecular flexibility index (Phi) is 6.00. The lowest BCUT2D eigenvalue weighted by Crippen LogP contribution is -2.36. The molecule has 1 N–H and O–H groups in total. The van der Waals surface area contributed by atoms with Crippen LogP contribution in [-0.4, -0.2) is 42.7 Å². The summed E-state index contributed by atoms with van der Waals surface area (Å²) in [7, 11) is 3.00. The minimum absolute atomic E-state index is 0.284. The Morgan fingerprint density at radius 2 is 1.71 bits per heavy atom. The fourth-order valence-electron chi connectivity index (χ4n) is 2.56. The van der Waals surface area contributed by atoms with Gasteiger partial charge in [0.05, 0.1) is 19.1 Å². The number of nitrogens with one attached hydrogen (secondary N) is 1. The van der Waals surface area contributed by atoms with E-state index in [2.05, 4.69) is 5.32 Å². The Hall–Kier alpha value is -3.26. The number of rotatable bonds is 6. The number of nitrogens with zero attached hydrogens (tertiary/aromatic N) is 1. The maximum absolute atomic E-state index is 12.5. The highest BCUT2D eigenvalue weighted by Gasteiger charge is 2.36. The molecule has 3 amide bonds. The summed E-state index contributed by atoms with van der Waals surface area (Å²) in [6.45, 7) is -0.379. The molecule has 0 spiro atoms. The summed E-state index contributed by atoms with van der Waals surface area (Å²) in [5, 5.41) is 2.17. The molecule has 0 bridgehead atoms. The van der Waals surface area contributed by atoms with Crippen molar-refractivity contribution in [1.29, 1.82) is 0 Å². The fraction of sp³-hybridized carbons (Fsp3) is 0.150. The molecule has 1 aliphatic heterocycles. The summed E-state index contributed by atoms with van der Waals surface area (Å²) in [6.07, 6.45) is 1.63. The third-order valence-electron chi connectivity index (χ3n) is 3.91. The van der Waals surface area contributed by atoms with Gasteiger partial charge < -0.3 is 14.8 Å². The molecule has 0 atom stereocenters. The van der Waals surface area contributed by atoms with Crippen molar-refractivity contribution in [2.75, 3.05) is 26.1 Å². The number of hydrogen-bond donors (Lipinski definition) is 1. The molecule has 3 rings (SSSR count). The van der Waals surface area contributed by atoms with Gasteiger partial charge in [-0.2, -0.15) is 0 Å². The predicted octanol–water partition coefficient (Wildman–Crippen LogP) is 3.38. The molecule has 1 aliphatic rings. The van der Waals surface area contributed by atoms with Gasteiger partial charge in [0.15, 0.2) is 0 Å². The van der Waals surface area contributed by atoms with Crippen LogP contribution in [0.3, 0.4) is 0 Å². The van der Waals surface area contributed by atoms with Crippen molar-refractivity contribution in [2.45, 2.75) is 0 Å². The standard InChI is InChI=1S/C20H18N2O5S/c1-26-15-9-14(10-16(11-15)27-2)21-18(23)12-22-19(24)17(28-20(22)25)8-13-6-4-3-5-7-13/h3-11H,12H2,1-2H3,(H,21,23)/b17-8+. The molecule has 0 saturated carbocycles. The largest absolute Gasteiger partial charge is 0.497 e. The van der Waals surface area contributed by atoms with Crippen molar-refractivity contribution in [3.05, 3.63) is 59.0 Å². The molecular weight excluding hydrogens is 380 g/mol. The molecule has 2 aromatic carbocycles. The van der Waals surface area contributed by atoms with E-state index in [1.807, 2.05) is 30.3 Å². The van der Waals surface area contributed by atoms with E-state index in [1.54, 1.807) is 24.3 Å². The number of imide groups is 1. The molecule has 0 unspecified atom stereocenters. The van der Waals surface area contributed by atoms with Crippen LogP contribution >= 0.6 is 11.8 Å². The second-order valence-electron chi connectivity index (χ2n) is 5.83. The number of hydrogen-bond acceptors (Lipinski definition) is 6. The first-order chi connectivity index (χ1) is 13.5. The molecule has 2 aromatic rings. The topological polar surface area (TPSA) is 84.9 Å². The zero-order chi connectivity index (χ0) is 20.1. The Balaban J connectivity index is 1.70. The molecule has 0 radical (unpaired) electrons. The SMILES string of the molecule is COc1cc(NC(=O)CN2C(=O)S/C(=C/c3ccccc3)C2=O)cc(OC)c1. The molecule has 1 saturated heterocycles. The van der Waals surface area contributed by atoms with Crippen molar-refractivity contribution in [1.82, 2.24) is 4.90 Å². The average molecular weight is 398 g/mol. The summed E-state index contributed by atoms with van der Waals surface area (Å²) in [6, 6.07) is 14.1. The van der Waals surface area contributed by atoms with Crippen molar-refractivity contribution >= 4 is 40.6 Å². The van der Waals surface area contributed by atoms with E-state index in [9.17, 15) is 14.4 Å². The molecule has 0 aromatic heterocycles. The second-order valence-corrected chi connectivity index (χ2v) is 6.82. The van der Waals surface area contributed by atoms with Gasteiger partial charge in [-0.15, -0.1) is 0 Å². The van der Waals surface area contributed by atoms with E-state index >= 15 is 0 Å². The van der Waals surface area contributed by atoms with Crippen molar-refractivity contribution in [3.63, 3.8) is 0 Å². The lowest BCUT2D eigenvalue weighted by atomic mass is 10.2. The Morgan fingerprint density at radius 1 is 1.07 bits per heavy atom. The quantitative estimate of drug-likeness (QED) is 0.751. The number of benzene rings is 2. The number of amides is 3. The van der Waals surface area contributed by atoms with E-state index in [0.29, 0.717) is 17.2 Å². The zero-order valence-electron chi connectivity index (χ0n) is 15.3. The second kappa shape index (κ2) is 8.62. The smallest absolute Gasteiger partial charge is 0.294 e. The minimum atomic E-state index is -0.501. The fourth-order valence-corrected chi connectivity index (χ4v) is 3.40. The highest BCUT2D eigenvalue weighted by atomic mass is 32.2. The van der Waals surface area contributed by atoms with Gasteiger partial charge in [-0.3, -0.25) is 19.3 Å². The lowest BCUT2D eigenvalue weighted by Gasteiger charge is -2.13. The van der Waals surface area contributed by atoms with Gasteiger partial charge in [0.2, 0.25) is 5.91 Å². The van der Waals surface area contributed by atoms with E-state index in [4.69, 9.17) is 9.47 Å². The highest BCUT2D eigenvalue weighted by molar-refractivity contribution is 8.18. The first kappa shape index (κ1) is 19.5. The first-order valence-electron chi connectivity index (χ1n) is 8.33. The van der Waals surface area contributed by atoms with E-state index < -0.39 is 17.1 Å². The van der Waals surface area contributed by atoms with Gasteiger partial charge in [0, 0.05) is 23.9 Å². The van der Waals surface area contributed by atoms with Crippen LogP contribution in [-0.2, 0) is 9.59 Å². The average Bonchev–Trinajstić information content (AvgIpc) is 2.95. The molecule has 1 fully saturated rings. The predicted molar refractivity (Wildman–Crippen MR) is 107 cm³/mol. The lowest BCUT2D eigenvalue weighted by molar-refractivity contribution is -0.127. The van der Waals surface area contributed by atoms with E-state index in [0.717, 1.165) is 22.2 Å². The van der Waals surface area contributed by atoms with Gasteiger partial charge in [0.1, 0.15) is 18.0 Å². The number of thioether (sulfide) groups is 1. The molecule has 28 heavy (non-hydrogen) atoms. The van der Waals surface area contributed by atoms with E-state index in [1.165, 1.54) is 14.2 Å². The van der Waals surface area contributed by atoms with E-state index in [-0.39, 0.29) is 11.4 Å². The molecule has 0 aliphatic carbocycles. The molecule has 8 heteroatoms. The van der Waals surface area contributed by atoms with Crippen molar-refractivity contribution in [2.24, 2.45) is 0 Å². The monoisotopic (exact) mass is 398 g/mol. The normalized spacial score (nSPS) is 15.1. The third kappa shape index (κ3) is 4.52. The summed E-state index contributed by atoms with van der Waals surface area (Å²) >= 11 is 0.816. The Bertz CT molecular complexity index is 921. The number of carbonyl (C=O) groups is 3. The number of carbonyl (C=O) groups excluding carboxylic acids is 3. The van der Waals surface area contributed by atoms with Crippen LogP contribution in [0.5, 0.6) is 11.5 Å². The maximum Gasteiger partial charge on any atom is 0.294 e. The van der Waals surface area contributed by atoms with Gasteiger partial charge in [-0.25, -0.2) is 0 Å². The van der Waals surface area contributed by atoms with Crippen LogP contribution in [0.1, 0.15) is 5.56 Å². The number of anilines is 1. The van der Waals surface area contributed by atoms with Crippen LogP contribution in [0.25, 0.3) is 6.08 Å². The third-order valence-corrected chi connectivity index (χ3v) is 4.82. The molecule has 1 heterocycles. The maximum atomic E-state index is 12.5. The molecule has 144 valence electrons. The summed E-state index contributed by atoms with van der Waals surface area (Å²) in [5.74, 6) is 0.0222. The number of ether oxygens (including phenoxy) is 2. The van der Waals surface area contributed by atoms with Crippen LogP contribution < -0.4 is 14.8 Å².